The first kappa shape index (κ1) is 22.7. The molecule has 0 radical (unpaired) electrons. The van der Waals surface area contributed by atoms with Crippen LogP contribution in [0.2, 0.25) is 0 Å². The number of hydrogen-bond acceptors (Lipinski definition) is 6. The highest BCUT2D eigenvalue weighted by Crippen LogP contribution is 2.38. The molecule has 1 aliphatic rings. The minimum atomic E-state index is -1.22. The Morgan fingerprint density at radius 1 is 1.05 bits per heavy atom. The van der Waals surface area contributed by atoms with Crippen LogP contribution in [0.3, 0.4) is 0 Å². The quantitative estimate of drug-likeness (QED) is 0.387. The second kappa shape index (κ2) is 8.43. The number of nitriles is 1. The van der Waals surface area contributed by atoms with Gasteiger partial charge in [-0.05, 0) is 52.1 Å². The molecule has 3 heterocycles. The van der Waals surface area contributed by atoms with Crippen molar-refractivity contribution in [1.29, 1.82) is 5.26 Å². The van der Waals surface area contributed by atoms with Crippen LogP contribution in [0, 0.1) is 11.3 Å². The Kier molecular flexibility index (Phi) is 5.18. The molecule has 2 aromatic heterocycles. The zero-order chi connectivity index (χ0) is 25.7. The summed E-state index contributed by atoms with van der Waals surface area (Å²) in [6, 6.07) is 23.2. The van der Waals surface area contributed by atoms with Crippen molar-refractivity contribution in [3.05, 3.63) is 111 Å². The van der Waals surface area contributed by atoms with Crippen molar-refractivity contribution in [1.82, 2.24) is 19.3 Å². The monoisotopic (exact) mass is 488 g/mol. The Balaban J connectivity index is 1.75. The lowest BCUT2D eigenvalue weighted by molar-refractivity contribution is 0.320. The van der Waals surface area contributed by atoms with Crippen molar-refractivity contribution >= 4 is 10.9 Å². The number of aromatic nitrogens is 4. The molecule has 0 amide bonds. The summed E-state index contributed by atoms with van der Waals surface area (Å²) in [5.74, 6) is 0.997. The van der Waals surface area contributed by atoms with E-state index in [4.69, 9.17) is 10.5 Å². The van der Waals surface area contributed by atoms with Gasteiger partial charge in [0, 0.05) is 32.0 Å². The number of pyridine rings is 1. The molecule has 2 N–H and O–H groups in total. The molecular weight excluding hydrogens is 464 g/mol. The predicted molar refractivity (Wildman–Crippen MR) is 140 cm³/mol. The zero-order valence-electron chi connectivity index (χ0n) is 20.5. The molecule has 1 aliphatic heterocycles. The van der Waals surface area contributed by atoms with Gasteiger partial charge in [-0.1, -0.05) is 36.4 Å². The van der Waals surface area contributed by atoms with E-state index in [9.17, 15) is 10.1 Å². The van der Waals surface area contributed by atoms with Crippen molar-refractivity contribution < 1.29 is 4.74 Å². The number of rotatable bonds is 1. The van der Waals surface area contributed by atoms with Gasteiger partial charge in [0.25, 0.3) is 5.56 Å². The number of nitrogens with two attached hydrogens (primary N) is 1. The van der Waals surface area contributed by atoms with E-state index in [1.165, 1.54) is 0 Å². The Morgan fingerprint density at radius 2 is 1.86 bits per heavy atom. The second-order valence-electron chi connectivity index (χ2n) is 9.38. The number of aryl methyl sites for hydroxylation is 2. The number of benzene rings is 3. The lowest BCUT2D eigenvalue weighted by Crippen LogP contribution is -2.41. The number of nitrogens with zero attached hydrogens (tertiary/aromatic N) is 5. The second-order valence-corrected chi connectivity index (χ2v) is 9.38. The summed E-state index contributed by atoms with van der Waals surface area (Å²) in [4.78, 5) is 12.9. The van der Waals surface area contributed by atoms with Crippen LogP contribution in [0.5, 0.6) is 5.75 Å². The van der Waals surface area contributed by atoms with Crippen molar-refractivity contribution in [3.8, 4) is 22.9 Å². The average molecular weight is 489 g/mol. The third-order valence-electron chi connectivity index (χ3n) is 7.21. The largest absolute Gasteiger partial charge is 0.492 e. The van der Waals surface area contributed by atoms with Gasteiger partial charge in [-0.25, -0.2) is 0 Å². The average Bonchev–Trinajstić information content (AvgIpc) is 3.36. The summed E-state index contributed by atoms with van der Waals surface area (Å²) >= 11 is 0. The van der Waals surface area contributed by atoms with E-state index >= 15 is 0 Å². The number of ether oxygens (including phenoxy) is 1. The van der Waals surface area contributed by atoms with Gasteiger partial charge in [0.15, 0.2) is 5.82 Å². The van der Waals surface area contributed by atoms with Crippen molar-refractivity contribution in [3.63, 3.8) is 0 Å². The van der Waals surface area contributed by atoms with Gasteiger partial charge in [0.2, 0.25) is 0 Å². The highest BCUT2D eigenvalue weighted by Gasteiger charge is 2.37. The third-order valence-corrected chi connectivity index (χ3v) is 7.21. The van der Waals surface area contributed by atoms with E-state index in [0.29, 0.717) is 35.7 Å². The molecule has 3 aromatic carbocycles. The minimum absolute atomic E-state index is 0.0888. The molecule has 0 fully saturated rings. The maximum atomic E-state index is 12.9. The highest BCUT2D eigenvalue weighted by molar-refractivity contribution is 5.95. The van der Waals surface area contributed by atoms with E-state index in [1.54, 1.807) is 34.6 Å². The standard InChI is InChI=1S/C29H24N6O2/c1-34-17-32-33-28(34)29(31)21-8-9-25-24(13-21)23(15-27(36)35(25)2)19-5-3-4-18(12-19)10-11-37-26-14-22(29)7-6-20(26)16-30/h3-9,12-15,17H,10-11,31H2,1-2H3. The maximum absolute atomic E-state index is 12.9. The van der Waals surface area contributed by atoms with E-state index in [2.05, 4.69) is 22.3 Å². The molecular formula is C29H24N6O2. The van der Waals surface area contributed by atoms with Crippen LogP contribution >= 0.6 is 0 Å². The molecule has 0 aliphatic carbocycles. The first-order valence-electron chi connectivity index (χ1n) is 11.9. The zero-order valence-corrected chi connectivity index (χ0v) is 20.5. The Labute approximate surface area is 213 Å². The van der Waals surface area contributed by atoms with Crippen molar-refractivity contribution in [2.45, 2.75) is 12.0 Å². The molecule has 37 heavy (non-hydrogen) atoms. The van der Waals surface area contributed by atoms with Gasteiger partial charge >= 0.3 is 0 Å². The minimum Gasteiger partial charge on any atom is -0.492 e. The number of fused-ring (bicyclic) bond motifs is 6. The topological polar surface area (TPSA) is 112 Å². The smallest absolute Gasteiger partial charge is 0.251 e. The molecule has 0 spiro atoms. The third kappa shape index (κ3) is 3.51. The van der Waals surface area contributed by atoms with E-state index in [1.807, 2.05) is 55.6 Å². The molecule has 6 bridgehead atoms. The molecule has 1 unspecified atom stereocenters. The summed E-state index contributed by atoms with van der Waals surface area (Å²) in [7, 11) is 3.61. The lowest BCUT2D eigenvalue weighted by atomic mass is 9.81. The van der Waals surface area contributed by atoms with Gasteiger partial charge in [-0.3, -0.25) is 4.79 Å². The van der Waals surface area contributed by atoms with Crippen LogP contribution < -0.4 is 16.0 Å². The van der Waals surface area contributed by atoms with E-state index < -0.39 is 5.54 Å². The summed E-state index contributed by atoms with van der Waals surface area (Å²) in [6.45, 7) is 0.375. The first-order chi connectivity index (χ1) is 17.9. The van der Waals surface area contributed by atoms with E-state index in [0.717, 1.165) is 33.2 Å². The predicted octanol–water partition coefficient (Wildman–Crippen LogP) is 3.39. The van der Waals surface area contributed by atoms with Crippen LogP contribution in [-0.2, 0) is 26.1 Å². The number of hydrogen-bond donors (Lipinski definition) is 1. The lowest BCUT2D eigenvalue weighted by Gasteiger charge is -2.31. The normalized spacial score (nSPS) is 16.7. The van der Waals surface area contributed by atoms with Gasteiger partial charge in [0.05, 0.1) is 17.7 Å². The fraction of sp³-hybridized carbons (Fsp3) is 0.172. The van der Waals surface area contributed by atoms with Crippen LogP contribution in [0.4, 0.5) is 0 Å². The molecule has 0 saturated heterocycles. The fourth-order valence-electron chi connectivity index (χ4n) is 5.16. The Morgan fingerprint density at radius 3 is 2.65 bits per heavy atom. The van der Waals surface area contributed by atoms with Crippen molar-refractivity contribution in [2.75, 3.05) is 6.61 Å². The van der Waals surface area contributed by atoms with Gasteiger partial charge < -0.3 is 19.6 Å². The molecule has 6 rings (SSSR count). The molecule has 8 nitrogen and oxygen atoms in total. The SMILES string of the molecule is Cn1cnnc1C1(N)c2ccc(C#N)c(c2)OCCc2cccc(c2)-c2cc(=O)n(C)c3ccc1cc23. The van der Waals surface area contributed by atoms with Crippen LogP contribution in [-0.4, -0.2) is 25.9 Å². The first-order valence-corrected chi connectivity index (χ1v) is 11.9. The molecule has 182 valence electrons. The van der Waals surface area contributed by atoms with Crippen LogP contribution in [0.1, 0.15) is 28.1 Å². The fourth-order valence-corrected chi connectivity index (χ4v) is 5.16. The Bertz CT molecular complexity index is 1800. The summed E-state index contributed by atoms with van der Waals surface area (Å²) in [6.07, 6.45) is 2.24. The highest BCUT2D eigenvalue weighted by atomic mass is 16.5. The van der Waals surface area contributed by atoms with Crippen LogP contribution in [0.15, 0.2) is 77.9 Å². The molecule has 8 heteroatoms. The van der Waals surface area contributed by atoms with Gasteiger partial charge in [-0.2, -0.15) is 5.26 Å². The summed E-state index contributed by atoms with van der Waals surface area (Å²) in [5.41, 5.74) is 11.5. The van der Waals surface area contributed by atoms with Gasteiger partial charge in [0.1, 0.15) is 23.7 Å². The van der Waals surface area contributed by atoms with E-state index in [-0.39, 0.29) is 5.56 Å². The molecule has 1 atom stereocenters. The van der Waals surface area contributed by atoms with Gasteiger partial charge in [-0.15, -0.1) is 10.2 Å². The van der Waals surface area contributed by atoms with Crippen molar-refractivity contribution in [2.24, 2.45) is 19.8 Å². The summed E-state index contributed by atoms with van der Waals surface area (Å²) < 4.78 is 9.56. The molecule has 5 aromatic rings. The summed E-state index contributed by atoms with van der Waals surface area (Å²) in [5, 5.41) is 19.1. The molecule has 0 saturated carbocycles. The Hall–Kier alpha value is -4.74. The maximum Gasteiger partial charge on any atom is 0.251 e. The van der Waals surface area contributed by atoms with Crippen LogP contribution in [0.25, 0.3) is 22.0 Å².